The molecule has 0 fully saturated rings. The standard InChI is InChI=1S/C18H19FN4OS/c1-12-4-3-5-13(2)16(12)24-10-11-25-18-22-21-17(23(18)20)14-6-8-15(19)9-7-14/h3-9H,10-11,20H2,1-2H3. The van der Waals surface area contributed by atoms with Crippen LogP contribution in [0.4, 0.5) is 4.39 Å². The molecule has 25 heavy (non-hydrogen) atoms. The van der Waals surface area contributed by atoms with Gasteiger partial charge in [0.25, 0.3) is 0 Å². The molecule has 0 bridgehead atoms. The Morgan fingerprint density at radius 1 is 1.08 bits per heavy atom. The summed E-state index contributed by atoms with van der Waals surface area (Å²) in [4.78, 5) is 0. The monoisotopic (exact) mass is 358 g/mol. The zero-order chi connectivity index (χ0) is 17.8. The second kappa shape index (κ2) is 7.57. The maximum absolute atomic E-state index is 13.0. The summed E-state index contributed by atoms with van der Waals surface area (Å²) in [6.07, 6.45) is 0. The largest absolute Gasteiger partial charge is 0.492 e. The van der Waals surface area contributed by atoms with Crippen LogP contribution >= 0.6 is 11.8 Å². The highest BCUT2D eigenvalue weighted by Crippen LogP contribution is 2.24. The van der Waals surface area contributed by atoms with Gasteiger partial charge in [-0.1, -0.05) is 30.0 Å². The van der Waals surface area contributed by atoms with Crippen LogP contribution in [0.1, 0.15) is 11.1 Å². The smallest absolute Gasteiger partial charge is 0.210 e. The number of nitrogen functional groups attached to an aromatic ring is 1. The summed E-state index contributed by atoms with van der Waals surface area (Å²) in [6.45, 7) is 4.59. The van der Waals surface area contributed by atoms with Crippen molar-refractivity contribution in [2.24, 2.45) is 0 Å². The lowest BCUT2D eigenvalue weighted by molar-refractivity contribution is 0.339. The third-order valence-corrected chi connectivity index (χ3v) is 4.64. The van der Waals surface area contributed by atoms with Crippen molar-refractivity contribution >= 4 is 11.8 Å². The molecule has 0 aliphatic rings. The molecular weight excluding hydrogens is 339 g/mol. The van der Waals surface area contributed by atoms with Gasteiger partial charge >= 0.3 is 0 Å². The molecule has 0 atom stereocenters. The average molecular weight is 358 g/mol. The van der Waals surface area contributed by atoms with E-state index < -0.39 is 0 Å². The van der Waals surface area contributed by atoms with E-state index in [2.05, 4.69) is 10.2 Å². The highest BCUT2D eigenvalue weighted by molar-refractivity contribution is 7.99. The van der Waals surface area contributed by atoms with Gasteiger partial charge in [0.15, 0.2) is 5.82 Å². The van der Waals surface area contributed by atoms with Gasteiger partial charge in [-0.3, -0.25) is 0 Å². The number of para-hydroxylation sites is 1. The van der Waals surface area contributed by atoms with Crippen LogP contribution in [0.25, 0.3) is 11.4 Å². The minimum Gasteiger partial charge on any atom is -0.492 e. The van der Waals surface area contributed by atoms with Crippen LogP contribution in [0, 0.1) is 19.7 Å². The molecule has 0 aliphatic carbocycles. The van der Waals surface area contributed by atoms with E-state index in [9.17, 15) is 4.39 Å². The fourth-order valence-electron chi connectivity index (χ4n) is 2.47. The van der Waals surface area contributed by atoms with Gasteiger partial charge < -0.3 is 10.6 Å². The Balaban J connectivity index is 1.60. The van der Waals surface area contributed by atoms with Crippen molar-refractivity contribution < 1.29 is 9.13 Å². The van der Waals surface area contributed by atoms with Gasteiger partial charge in [-0.05, 0) is 49.2 Å². The fraction of sp³-hybridized carbons (Fsp3) is 0.222. The minimum absolute atomic E-state index is 0.301. The number of halogens is 1. The Morgan fingerprint density at radius 2 is 1.76 bits per heavy atom. The lowest BCUT2D eigenvalue weighted by Gasteiger charge is -2.11. The first-order valence-corrected chi connectivity index (χ1v) is 8.83. The number of nitrogens with two attached hydrogens (primary N) is 1. The summed E-state index contributed by atoms with van der Waals surface area (Å²) in [7, 11) is 0. The molecule has 7 heteroatoms. The zero-order valence-electron chi connectivity index (χ0n) is 14.1. The van der Waals surface area contributed by atoms with Crippen LogP contribution in [0.2, 0.25) is 0 Å². The van der Waals surface area contributed by atoms with Crippen molar-refractivity contribution in [2.75, 3.05) is 18.2 Å². The van der Waals surface area contributed by atoms with Crippen LogP contribution in [-0.4, -0.2) is 27.2 Å². The van der Waals surface area contributed by atoms with Crippen LogP contribution in [0.3, 0.4) is 0 Å². The number of ether oxygens (including phenoxy) is 1. The van der Waals surface area contributed by atoms with Gasteiger partial charge in [0.2, 0.25) is 5.16 Å². The van der Waals surface area contributed by atoms with Crippen molar-refractivity contribution in [3.8, 4) is 17.1 Å². The number of hydrogen-bond acceptors (Lipinski definition) is 5. The number of rotatable bonds is 6. The number of thioether (sulfide) groups is 1. The molecule has 0 amide bonds. The highest BCUT2D eigenvalue weighted by atomic mass is 32.2. The maximum Gasteiger partial charge on any atom is 0.210 e. The summed E-state index contributed by atoms with van der Waals surface area (Å²) in [6, 6.07) is 12.1. The SMILES string of the molecule is Cc1cccc(C)c1OCCSc1nnc(-c2ccc(F)cc2)n1N. The molecule has 0 saturated heterocycles. The number of nitrogens with zero attached hydrogens (tertiary/aromatic N) is 3. The van der Waals surface area contributed by atoms with Gasteiger partial charge in [0.1, 0.15) is 11.6 Å². The highest BCUT2D eigenvalue weighted by Gasteiger charge is 2.12. The number of aromatic nitrogens is 3. The summed E-state index contributed by atoms with van der Waals surface area (Å²) in [5.41, 5.74) is 2.95. The topological polar surface area (TPSA) is 66.0 Å². The van der Waals surface area contributed by atoms with E-state index in [1.807, 2.05) is 32.0 Å². The molecule has 1 heterocycles. The van der Waals surface area contributed by atoms with Crippen LogP contribution < -0.4 is 10.6 Å². The normalized spacial score (nSPS) is 10.8. The van der Waals surface area contributed by atoms with Crippen molar-refractivity contribution in [2.45, 2.75) is 19.0 Å². The van der Waals surface area contributed by atoms with Crippen molar-refractivity contribution in [1.82, 2.24) is 14.9 Å². The number of benzene rings is 2. The van der Waals surface area contributed by atoms with Gasteiger partial charge in [0, 0.05) is 11.3 Å². The second-order valence-corrected chi connectivity index (χ2v) is 6.66. The van der Waals surface area contributed by atoms with Gasteiger partial charge in [-0.25, -0.2) is 9.07 Å². The summed E-state index contributed by atoms with van der Waals surface area (Å²) in [5, 5.41) is 8.77. The maximum atomic E-state index is 13.0. The lowest BCUT2D eigenvalue weighted by atomic mass is 10.1. The lowest BCUT2D eigenvalue weighted by Crippen LogP contribution is -2.12. The third-order valence-electron chi connectivity index (χ3n) is 3.74. The van der Waals surface area contributed by atoms with Gasteiger partial charge in [0.05, 0.1) is 6.61 Å². The Hall–Kier alpha value is -2.54. The summed E-state index contributed by atoms with van der Waals surface area (Å²) >= 11 is 1.46. The fourth-order valence-corrected chi connectivity index (χ4v) is 3.15. The Labute approximate surface area is 150 Å². The molecule has 3 rings (SSSR count). The van der Waals surface area contributed by atoms with E-state index in [-0.39, 0.29) is 5.82 Å². The third kappa shape index (κ3) is 3.93. The quantitative estimate of drug-likeness (QED) is 0.414. The molecule has 0 spiro atoms. The van der Waals surface area contributed by atoms with E-state index in [4.69, 9.17) is 10.6 Å². The van der Waals surface area contributed by atoms with Crippen LogP contribution in [0.15, 0.2) is 47.6 Å². The van der Waals surface area contributed by atoms with Crippen molar-refractivity contribution in [3.63, 3.8) is 0 Å². The molecule has 130 valence electrons. The van der Waals surface area contributed by atoms with Crippen LogP contribution in [-0.2, 0) is 0 Å². The minimum atomic E-state index is -0.301. The Bertz CT molecular complexity index is 844. The predicted octanol–water partition coefficient (Wildman–Crippen LogP) is 3.59. The predicted molar refractivity (Wildman–Crippen MR) is 97.7 cm³/mol. The molecule has 2 N–H and O–H groups in total. The van der Waals surface area contributed by atoms with Crippen LogP contribution in [0.5, 0.6) is 5.75 Å². The number of aryl methyl sites for hydroxylation is 2. The summed E-state index contributed by atoms with van der Waals surface area (Å²) < 4.78 is 20.3. The molecule has 3 aromatic rings. The van der Waals surface area contributed by atoms with E-state index >= 15 is 0 Å². The molecule has 0 radical (unpaired) electrons. The first-order valence-electron chi connectivity index (χ1n) is 7.84. The zero-order valence-corrected chi connectivity index (χ0v) is 14.9. The van der Waals surface area contributed by atoms with E-state index in [0.717, 1.165) is 22.4 Å². The van der Waals surface area contributed by atoms with Gasteiger partial charge in [-0.2, -0.15) is 0 Å². The average Bonchev–Trinajstić information content (AvgIpc) is 2.95. The van der Waals surface area contributed by atoms with Crippen molar-refractivity contribution in [3.05, 3.63) is 59.4 Å². The first-order chi connectivity index (χ1) is 12.1. The van der Waals surface area contributed by atoms with E-state index in [0.29, 0.717) is 23.3 Å². The molecule has 0 saturated carbocycles. The van der Waals surface area contributed by atoms with E-state index in [1.54, 1.807) is 12.1 Å². The van der Waals surface area contributed by atoms with Gasteiger partial charge in [-0.15, -0.1) is 10.2 Å². The first kappa shape index (κ1) is 17.3. The van der Waals surface area contributed by atoms with Crippen molar-refractivity contribution in [1.29, 1.82) is 0 Å². The molecule has 1 aromatic heterocycles. The molecule has 0 unspecified atom stereocenters. The second-order valence-electron chi connectivity index (χ2n) is 5.60. The molecule has 0 aliphatic heterocycles. The Kier molecular flexibility index (Phi) is 5.23. The molecular formula is C18H19FN4OS. The molecule has 2 aromatic carbocycles. The molecule has 5 nitrogen and oxygen atoms in total. The number of hydrogen-bond donors (Lipinski definition) is 1. The summed E-state index contributed by atoms with van der Waals surface area (Å²) in [5.74, 6) is 7.86. The van der Waals surface area contributed by atoms with E-state index in [1.165, 1.54) is 28.6 Å². The Morgan fingerprint density at radius 3 is 2.44 bits per heavy atom.